The minimum atomic E-state index is 0.416. The van der Waals surface area contributed by atoms with E-state index in [2.05, 4.69) is 28.4 Å². The van der Waals surface area contributed by atoms with E-state index in [-0.39, 0.29) is 0 Å². The Labute approximate surface area is 122 Å². The maximum atomic E-state index is 4.27. The SMILES string of the molecule is CC1CNC2(CCCCC2)CN1CCc1cnn(C)c1. The van der Waals surface area contributed by atoms with Gasteiger partial charge in [0.25, 0.3) is 0 Å². The van der Waals surface area contributed by atoms with Gasteiger partial charge in [-0.1, -0.05) is 19.3 Å². The van der Waals surface area contributed by atoms with E-state index in [9.17, 15) is 0 Å². The quantitative estimate of drug-likeness (QED) is 0.916. The Balaban J connectivity index is 1.59. The Morgan fingerprint density at radius 1 is 1.35 bits per heavy atom. The molecule has 0 radical (unpaired) electrons. The van der Waals surface area contributed by atoms with Gasteiger partial charge < -0.3 is 5.32 Å². The number of piperazine rings is 1. The Bertz CT molecular complexity index is 433. The monoisotopic (exact) mass is 276 g/mol. The molecule has 1 N–H and O–H groups in total. The fourth-order valence-electron chi connectivity index (χ4n) is 3.83. The summed E-state index contributed by atoms with van der Waals surface area (Å²) in [6.45, 7) is 5.89. The Hall–Kier alpha value is -0.870. The van der Waals surface area contributed by atoms with Crippen LogP contribution in [-0.2, 0) is 13.5 Å². The van der Waals surface area contributed by atoms with Gasteiger partial charge in [-0.05, 0) is 31.7 Å². The largest absolute Gasteiger partial charge is 0.308 e. The van der Waals surface area contributed by atoms with Crippen LogP contribution in [0.2, 0.25) is 0 Å². The summed E-state index contributed by atoms with van der Waals surface area (Å²) < 4.78 is 1.90. The van der Waals surface area contributed by atoms with Gasteiger partial charge >= 0.3 is 0 Å². The minimum Gasteiger partial charge on any atom is -0.308 e. The molecule has 20 heavy (non-hydrogen) atoms. The van der Waals surface area contributed by atoms with E-state index in [1.54, 1.807) is 0 Å². The van der Waals surface area contributed by atoms with E-state index in [1.807, 2.05) is 17.9 Å². The number of aromatic nitrogens is 2. The molecule has 1 unspecified atom stereocenters. The van der Waals surface area contributed by atoms with Gasteiger partial charge in [-0.25, -0.2) is 0 Å². The van der Waals surface area contributed by atoms with E-state index in [4.69, 9.17) is 0 Å². The molecule has 2 heterocycles. The van der Waals surface area contributed by atoms with Gasteiger partial charge in [0.05, 0.1) is 6.20 Å². The summed E-state index contributed by atoms with van der Waals surface area (Å²) in [6, 6.07) is 0.652. The first-order chi connectivity index (χ1) is 9.67. The second-order valence-electron chi connectivity index (χ2n) is 6.81. The average molecular weight is 276 g/mol. The molecule has 4 nitrogen and oxygen atoms in total. The van der Waals surface area contributed by atoms with Crippen molar-refractivity contribution >= 4 is 0 Å². The number of nitrogens with one attached hydrogen (secondary N) is 1. The van der Waals surface area contributed by atoms with Crippen LogP contribution in [0.4, 0.5) is 0 Å². The Kier molecular flexibility index (Phi) is 4.13. The fraction of sp³-hybridized carbons (Fsp3) is 0.812. The zero-order valence-electron chi connectivity index (χ0n) is 12.9. The normalized spacial score (nSPS) is 27.0. The zero-order valence-corrected chi connectivity index (χ0v) is 12.9. The van der Waals surface area contributed by atoms with Crippen molar-refractivity contribution in [3.05, 3.63) is 18.0 Å². The molecule has 1 aromatic rings. The number of hydrogen-bond donors (Lipinski definition) is 1. The standard InChI is InChI=1S/C16H28N4/c1-14-10-17-16(7-4-3-5-8-16)13-20(14)9-6-15-11-18-19(2)12-15/h11-12,14,17H,3-10,13H2,1-2H3. The van der Waals surface area contributed by atoms with Crippen LogP contribution in [-0.4, -0.2) is 45.9 Å². The third-order valence-corrected chi connectivity index (χ3v) is 5.16. The van der Waals surface area contributed by atoms with Crippen molar-refractivity contribution in [1.82, 2.24) is 20.0 Å². The predicted molar refractivity (Wildman–Crippen MR) is 81.8 cm³/mol. The Morgan fingerprint density at radius 2 is 2.15 bits per heavy atom. The van der Waals surface area contributed by atoms with Crippen LogP contribution in [0.25, 0.3) is 0 Å². The Morgan fingerprint density at radius 3 is 2.85 bits per heavy atom. The predicted octanol–water partition coefficient (Wildman–Crippen LogP) is 1.96. The number of nitrogens with zero attached hydrogens (tertiary/aromatic N) is 3. The van der Waals surface area contributed by atoms with E-state index < -0.39 is 0 Å². The lowest BCUT2D eigenvalue weighted by atomic mass is 9.79. The lowest BCUT2D eigenvalue weighted by Gasteiger charge is -2.49. The smallest absolute Gasteiger partial charge is 0.0522 e. The van der Waals surface area contributed by atoms with Crippen molar-refractivity contribution in [1.29, 1.82) is 0 Å². The second kappa shape index (κ2) is 5.86. The molecule has 112 valence electrons. The molecular formula is C16H28N4. The molecule has 1 aliphatic heterocycles. The molecule has 2 aliphatic rings. The van der Waals surface area contributed by atoms with Crippen LogP contribution in [0, 0.1) is 0 Å². The summed E-state index contributed by atoms with van der Waals surface area (Å²) in [4.78, 5) is 2.69. The molecule has 2 fully saturated rings. The molecule has 1 aliphatic carbocycles. The van der Waals surface area contributed by atoms with Crippen molar-refractivity contribution in [2.45, 2.75) is 57.0 Å². The van der Waals surface area contributed by atoms with Gasteiger partial charge in [-0.2, -0.15) is 5.10 Å². The van der Waals surface area contributed by atoms with Gasteiger partial charge in [-0.3, -0.25) is 9.58 Å². The highest BCUT2D eigenvalue weighted by atomic mass is 15.3. The van der Waals surface area contributed by atoms with Crippen molar-refractivity contribution in [3.8, 4) is 0 Å². The summed E-state index contributed by atoms with van der Waals surface area (Å²) in [7, 11) is 1.99. The molecule has 4 heteroatoms. The van der Waals surface area contributed by atoms with Crippen molar-refractivity contribution in [2.75, 3.05) is 19.6 Å². The maximum absolute atomic E-state index is 4.27. The van der Waals surface area contributed by atoms with E-state index in [1.165, 1.54) is 44.2 Å². The molecule has 0 amide bonds. The van der Waals surface area contributed by atoms with E-state index >= 15 is 0 Å². The molecule has 3 rings (SSSR count). The number of hydrogen-bond acceptors (Lipinski definition) is 3. The molecule has 1 atom stereocenters. The topological polar surface area (TPSA) is 33.1 Å². The third kappa shape index (κ3) is 3.07. The molecule has 1 saturated carbocycles. The molecule has 1 aromatic heterocycles. The van der Waals surface area contributed by atoms with Gasteiger partial charge in [0, 0.05) is 44.5 Å². The van der Waals surface area contributed by atoms with Crippen LogP contribution in [0.15, 0.2) is 12.4 Å². The number of rotatable bonds is 3. The van der Waals surface area contributed by atoms with Gasteiger partial charge in [0.1, 0.15) is 0 Å². The summed E-state index contributed by atoms with van der Waals surface area (Å²) in [5.41, 5.74) is 1.77. The second-order valence-corrected chi connectivity index (χ2v) is 6.81. The van der Waals surface area contributed by atoms with Crippen LogP contribution >= 0.6 is 0 Å². The van der Waals surface area contributed by atoms with Crippen LogP contribution in [0.5, 0.6) is 0 Å². The highest BCUT2D eigenvalue weighted by Crippen LogP contribution is 2.31. The van der Waals surface area contributed by atoms with Crippen LogP contribution < -0.4 is 5.32 Å². The van der Waals surface area contributed by atoms with Gasteiger partial charge in [0.15, 0.2) is 0 Å². The average Bonchev–Trinajstić information content (AvgIpc) is 2.87. The molecular weight excluding hydrogens is 248 g/mol. The van der Waals surface area contributed by atoms with Crippen molar-refractivity contribution < 1.29 is 0 Å². The van der Waals surface area contributed by atoms with E-state index in [0.717, 1.165) is 19.5 Å². The first-order valence-corrected chi connectivity index (χ1v) is 8.13. The zero-order chi connectivity index (χ0) is 14.0. The van der Waals surface area contributed by atoms with Gasteiger partial charge in [0.2, 0.25) is 0 Å². The van der Waals surface area contributed by atoms with Gasteiger partial charge in [-0.15, -0.1) is 0 Å². The lowest BCUT2D eigenvalue weighted by Crippen LogP contribution is -2.64. The molecule has 0 bridgehead atoms. The van der Waals surface area contributed by atoms with Crippen molar-refractivity contribution in [3.63, 3.8) is 0 Å². The maximum Gasteiger partial charge on any atom is 0.0522 e. The molecule has 0 aromatic carbocycles. The summed E-state index contributed by atoms with van der Waals surface area (Å²) in [5, 5.41) is 8.13. The first-order valence-electron chi connectivity index (χ1n) is 8.13. The summed E-state index contributed by atoms with van der Waals surface area (Å²) in [6.07, 6.45) is 12.2. The first kappa shape index (κ1) is 14.1. The van der Waals surface area contributed by atoms with Crippen LogP contribution in [0.1, 0.15) is 44.6 Å². The summed E-state index contributed by atoms with van der Waals surface area (Å²) in [5.74, 6) is 0. The lowest BCUT2D eigenvalue weighted by molar-refractivity contribution is 0.0637. The van der Waals surface area contributed by atoms with E-state index in [0.29, 0.717) is 11.6 Å². The fourth-order valence-corrected chi connectivity index (χ4v) is 3.83. The molecule has 1 saturated heterocycles. The minimum absolute atomic E-state index is 0.416. The highest BCUT2D eigenvalue weighted by Gasteiger charge is 2.38. The van der Waals surface area contributed by atoms with Crippen molar-refractivity contribution in [2.24, 2.45) is 7.05 Å². The van der Waals surface area contributed by atoms with Crippen LogP contribution in [0.3, 0.4) is 0 Å². The molecule has 1 spiro atoms. The highest BCUT2D eigenvalue weighted by molar-refractivity contribution is 5.05. The number of aryl methyl sites for hydroxylation is 1. The summed E-state index contributed by atoms with van der Waals surface area (Å²) >= 11 is 0. The third-order valence-electron chi connectivity index (χ3n) is 5.16.